The van der Waals surface area contributed by atoms with Gasteiger partial charge in [0, 0.05) is 24.2 Å². The van der Waals surface area contributed by atoms with Crippen molar-refractivity contribution in [3.8, 4) is 11.3 Å². The molecule has 1 fully saturated rings. The van der Waals surface area contributed by atoms with Crippen LogP contribution in [0.4, 0.5) is 0 Å². The molecule has 1 aliphatic rings. The first-order valence-electron chi connectivity index (χ1n) is 9.04. The van der Waals surface area contributed by atoms with Crippen LogP contribution in [0.15, 0.2) is 79.0 Å². The normalized spacial score (nSPS) is 14.3. The van der Waals surface area contributed by atoms with Crippen molar-refractivity contribution in [2.75, 3.05) is 13.1 Å². The Hall–Kier alpha value is -3.47. The second-order valence-electron chi connectivity index (χ2n) is 6.84. The molecular formula is C22H18N4O. The number of aromatic nitrogens is 3. The molecule has 0 saturated carbocycles. The van der Waals surface area contributed by atoms with E-state index in [1.54, 1.807) is 0 Å². The molecule has 5 heteroatoms. The molecule has 5 rings (SSSR count). The highest BCUT2D eigenvalue weighted by Crippen LogP contribution is 2.27. The molecule has 0 unspecified atom stereocenters. The fourth-order valence-corrected chi connectivity index (χ4v) is 3.57. The van der Waals surface area contributed by atoms with Crippen LogP contribution in [0.2, 0.25) is 0 Å². The second-order valence-corrected chi connectivity index (χ2v) is 6.84. The number of nitrogens with zero attached hydrogens (tertiary/aromatic N) is 4. The maximum absolute atomic E-state index is 12.9. The van der Waals surface area contributed by atoms with Gasteiger partial charge in [0.05, 0.1) is 12.2 Å². The molecule has 0 bridgehead atoms. The number of hydrogen-bond donors (Lipinski definition) is 0. The quantitative estimate of drug-likeness (QED) is 0.562. The molecule has 4 aromatic rings. The number of carbonyl (C=O) groups is 1. The van der Waals surface area contributed by atoms with Crippen LogP contribution >= 0.6 is 0 Å². The number of amides is 1. The Morgan fingerprint density at radius 1 is 0.889 bits per heavy atom. The van der Waals surface area contributed by atoms with Crippen molar-refractivity contribution < 1.29 is 4.79 Å². The molecule has 3 aromatic carbocycles. The average Bonchev–Trinajstić information content (AvgIpc) is 3.16. The second kappa shape index (κ2) is 6.36. The summed E-state index contributed by atoms with van der Waals surface area (Å²) >= 11 is 0. The lowest BCUT2D eigenvalue weighted by atomic mass is 10.0. The van der Waals surface area contributed by atoms with E-state index in [0.717, 1.165) is 27.6 Å². The number of likely N-dealkylation sites (tertiary alicyclic amines) is 1. The first-order chi connectivity index (χ1) is 13.3. The van der Waals surface area contributed by atoms with E-state index in [4.69, 9.17) is 0 Å². The first kappa shape index (κ1) is 15.8. The first-order valence-corrected chi connectivity index (χ1v) is 9.04. The zero-order valence-corrected chi connectivity index (χ0v) is 14.7. The topological polar surface area (TPSA) is 51.0 Å². The lowest BCUT2D eigenvalue weighted by Gasteiger charge is -2.39. The highest BCUT2D eigenvalue weighted by Gasteiger charge is 2.33. The van der Waals surface area contributed by atoms with Crippen molar-refractivity contribution in [3.05, 3.63) is 84.6 Å². The standard InChI is InChI=1S/C22H18N4O/c27-22(20-12-6-10-16-7-4-5-11-19(16)20)25-13-18(14-25)26-15-21(23-24-26)17-8-2-1-3-9-17/h1-12,15,18H,13-14H2. The van der Waals surface area contributed by atoms with Crippen molar-refractivity contribution in [3.63, 3.8) is 0 Å². The highest BCUT2D eigenvalue weighted by molar-refractivity contribution is 6.07. The molecule has 0 atom stereocenters. The fraction of sp³-hybridized carbons (Fsp3) is 0.136. The Morgan fingerprint density at radius 2 is 1.63 bits per heavy atom. The van der Waals surface area contributed by atoms with Crippen molar-refractivity contribution in [2.24, 2.45) is 0 Å². The van der Waals surface area contributed by atoms with Crippen LogP contribution in [0.1, 0.15) is 16.4 Å². The van der Waals surface area contributed by atoms with Gasteiger partial charge < -0.3 is 4.90 Å². The molecule has 1 saturated heterocycles. The van der Waals surface area contributed by atoms with E-state index in [1.807, 2.05) is 88.6 Å². The van der Waals surface area contributed by atoms with Gasteiger partial charge in [-0.15, -0.1) is 5.10 Å². The number of carbonyl (C=O) groups excluding carboxylic acids is 1. The van der Waals surface area contributed by atoms with Crippen LogP contribution < -0.4 is 0 Å². The minimum absolute atomic E-state index is 0.0754. The van der Waals surface area contributed by atoms with Crippen molar-refractivity contribution in [2.45, 2.75) is 6.04 Å². The van der Waals surface area contributed by atoms with Crippen LogP contribution in [0.25, 0.3) is 22.0 Å². The highest BCUT2D eigenvalue weighted by atomic mass is 16.2. The van der Waals surface area contributed by atoms with Crippen molar-refractivity contribution in [1.82, 2.24) is 19.9 Å². The van der Waals surface area contributed by atoms with Gasteiger partial charge in [0.2, 0.25) is 0 Å². The van der Waals surface area contributed by atoms with Crippen LogP contribution in [0.5, 0.6) is 0 Å². The molecule has 0 radical (unpaired) electrons. The van der Waals surface area contributed by atoms with E-state index >= 15 is 0 Å². The Bertz CT molecular complexity index is 1110. The molecule has 1 aliphatic heterocycles. The fourth-order valence-electron chi connectivity index (χ4n) is 3.57. The monoisotopic (exact) mass is 354 g/mol. The molecule has 1 aromatic heterocycles. The molecule has 2 heterocycles. The largest absolute Gasteiger partial charge is 0.334 e. The molecule has 0 aliphatic carbocycles. The maximum Gasteiger partial charge on any atom is 0.254 e. The van der Waals surface area contributed by atoms with Gasteiger partial charge in [-0.2, -0.15) is 0 Å². The molecular weight excluding hydrogens is 336 g/mol. The molecule has 0 N–H and O–H groups in total. The summed E-state index contributed by atoms with van der Waals surface area (Å²) in [6.45, 7) is 1.30. The molecule has 0 spiro atoms. The lowest BCUT2D eigenvalue weighted by molar-refractivity contribution is 0.0500. The summed E-state index contributed by atoms with van der Waals surface area (Å²) in [5, 5.41) is 10.6. The average molecular weight is 354 g/mol. The lowest BCUT2D eigenvalue weighted by Crippen LogP contribution is -2.50. The van der Waals surface area contributed by atoms with Crippen LogP contribution in [0.3, 0.4) is 0 Å². The third kappa shape index (κ3) is 2.77. The zero-order chi connectivity index (χ0) is 18.2. The van der Waals surface area contributed by atoms with Gasteiger partial charge in [0.1, 0.15) is 5.69 Å². The molecule has 1 amide bonds. The summed E-state index contributed by atoms with van der Waals surface area (Å²) in [4.78, 5) is 14.8. The zero-order valence-electron chi connectivity index (χ0n) is 14.7. The van der Waals surface area contributed by atoms with Gasteiger partial charge in [-0.25, -0.2) is 4.68 Å². The minimum Gasteiger partial charge on any atom is -0.334 e. The number of benzene rings is 3. The SMILES string of the molecule is O=C(c1cccc2ccccc12)N1CC(n2cc(-c3ccccc3)nn2)C1. The van der Waals surface area contributed by atoms with Crippen LogP contribution in [-0.2, 0) is 0 Å². The van der Waals surface area contributed by atoms with E-state index in [-0.39, 0.29) is 11.9 Å². The van der Waals surface area contributed by atoms with Gasteiger partial charge in [-0.1, -0.05) is 71.9 Å². The Balaban J connectivity index is 1.32. The van der Waals surface area contributed by atoms with E-state index in [2.05, 4.69) is 10.3 Å². The van der Waals surface area contributed by atoms with E-state index in [1.165, 1.54) is 0 Å². The molecule has 27 heavy (non-hydrogen) atoms. The Labute approximate surface area is 156 Å². The summed E-state index contributed by atoms with van der Waals surface area (Å²) in [6.07, 6.45) is 1.96. The Morgan fingerprint density at radius 3 is 2.48 bits per heavy atom. The van der Waals surface area contributed by atoms with Crippen molar-refractivity contribution in [1.29, 1.82) is 0 Å². The van der Waals surface area contributed by atoms with E-state index < -0.39 is 0 Å². The minimum atomic E-state index is 0.0754. The molecule has 5 nitrogen and oxygen atoms in total. The van der Waals surface area contributed by atoms with Gasteiger partial charge in [-0.05, 0) is 16.8 Å². The van der Waals surface area contributed by atoms with Crippen LogP contribution in [0, 0.1) is 0 Å². The van der Waals surface area contributed by atoms with Crippen LogP contribution in [-0.4, -0.2) is 38.9 Å². The third-order valence-electron chi connectivity index (χ3n) is 5.12. The number of hydrogen-bond acceptors (Lipinski definition) is 3. The maximum atomic E-state index is 12.9. The van der Waals surface area contributed by atoms with Gasteiger partial charge in [0.25, 0.3) is 5.91 Å². The number of fused-ring (bicyclic) bond motifs is 1. The van der Waals surface area contributed by atoms with Gasteiger partial charge in [0.15, 0.2) is 0 Å². The third-order valence-corrected chi connectivity index (χ3v) is 5.12. The smallest absolute Gasteiger partial charge is 0.254 e. The summed E-state index contributed by atoms with van der Waals surface area (Å²) in [5.74, 6) is 0.0754. The van der Waals surface area contributed by atoms with E-state index in [9.17, 15) is 4.79 Å². The van der Waals surface area contributed by atoms with Gasteiger partial charge in [-0.3, -0.25) is 4.79 Å². The summed E-state index contributed by atoms with van der Waals surface area (Å²) in [6, 6.07) is 24.0. The summed E-state index contributed by atoms with van der Waals surface area (Å²) < 4.78 is 1.87. The Kier molecular flexibility index (Phi) is 3.71. The van der Waals surface area contributed by atoms with E-state index in [0.29, 0.717) is 13.1 Å². The van der Waals surface area contributed by atoms with Crippen molar-refractivity contribution >= 4 is 16.7 Å². The number of rotatable bonds is 3. The predicted molar refractivity (Wildman–Crippen MR) is 104 cm³/mol. The predicted octanol–water partition coefficient (Wildman–Crippen LogP) is 3.80. The van der Waals surface area contributed by atoms with Gasteiger partial charge >= 0.3 is 0 Å². The summed E-state index contributed by atoms with van der Waals surface area (Å²) in [5.41, 5.74) is 2.66. The summed E-state index contributed by atoms with van der Waals surface area (Å²) in [7, 11) is 0. The molecule has 132 valence electrons.